The van der Waals surface area contributed by atoms with Gasteiger partial charge in [0, 0.05) is 12.6 Å². The molecule has 0 bridgehead atoms. The fourth-order valence-corrected chi connectivity index (χ4v) is 1.16. The maximum absolute atomic E-state index is 11.5. The first-order valence-corrected chi connectivity index (χ1v) is 4.84. The third kappa shape index (κ3) is 4.16. The number of urea groups is 1. The van der Waals surface area contributed by atoms with Gasteiger partial charge < -0.3 is 20.4 Å². The SMILES string of the molecule is CCN(C(=O)NC(CO)C(=O)O)C(C)C. The molecule has 6 heteroatoms. The molecule has 0 aliphatic heterocycles. The summed E-state index contributed by atoms with van der Waals surface area (Å²) < 4.78 is 0. The monoisotopic (exact) mass is 218 g/mol. The molecule has 0 spiro atoms. The van der Waals surface area contributed by atoms with Crippen LogP contribution in [0.3, 0.4) is 0 Å². The summed E-state index contributed by atoms with van der Waals surface area (Å²) in [6, 6.07) is -1.73. The van der Waals surface area contributed by atoms with Gasteiger partial charge >= 0.3 is 12.0 Å². The lowest BCUT2D eigenvalue weighted by molar-refractivity contribution is -0.140. The van der Waals surface area contributed by atoms with Crippen LogP contribution in [0.1, 0.15) is 20.8 Å². The zero-order valence-electron chi connectivity index (χ0n) is 9.23. The number of carbonyl (C=O) groups is 2. The molecule has 1 atom stereocenters. The lowest BCUT2D eigenvalue weighted by Crippen LogP contribution is -2.51. The minimum atomic E-state index is -1.25. The first-order chi connectivity index (χ1) is 6.93. The highest BCUT2D eigenvalue weighted by Gasteiger charge is 2.22. The number of aliphatic hydroxyl groups excluding tert-OH is 1. The van der Waals surface area contributed by atoms with Gasteiger partial charge in [-0.2, -0.15) is 0 Å². The van der Waals surface area contributed by atoms with Crippen LogP contribution in [0.5, 0.6) is 0 Å². The standard InChI is InChI=1S/C9H18N2O4/c1-4-11(6(2)3)9(15)10-7(5-12)8(13)14/h6-7,12H,4-5H2,1-3H3,(H,10,15)(H,13,14). The molecular weight excluding hydrogens is 200 g/mol. The number of hydrogen-bond acceptors (Lipinski definition) is 3. The van der Waals surface area contributed by atoms with Gasteiger partial charge in [0.1, 0.15) is 0 Å². The number of carboxylic acid groups (broad SMARTS) is 1. The van der Waals surface area contributed by atoms with E-state index >= 15 is 0 Å². The van der Waals surface area contributed by atoms with Gasteiger partial charge in [0.05, 0.1) is 6.61 Å². The fourth-order valence-electron chi connectivity index (χ4n) is 1.16. The van der Waals surface area contributed by atoms with Crippen molar-refractivity contribution in [3.63, 3.8) is 0 Å². The highest BCUT2D eigenvalue weighted by molar-refractivity contribution is 5.82. The molecular formula is C9H18N2O4. The van der Waals surface area contributed by atoms with Crippen LogP contribution >= 0.6 is 0 Å². The minimum absolute atomic E-state index is 0.0110. The molecule has 0 radical (unpaired) electrons. The van der Waals surface area contributed by atoms with Gasteiger partial charge in [-0.15, -0.1) is 0 Å². The van der Waals surface area contributed by atoms with E-state index in [0.717, 1.165) is 0 Å². The quantitative estimate of drug-likeness (QED) is 0.599. The third-order valence-corrected chi connectivity index (χ3v) is 2.00. The zero-order valence-corrected chi connectivity index (χ0v) is 9.23. The van der Waals surface area contributed by atoms with E-state index in [2.05, 4.69) is 5.32 Å². The van der Waals surface area contributed by atoms with Crippen LogP contribution in [-0.4, -0.2) is 52.3 Å². The van der Waals surface area contributed by atoms with Crippen LogP contribution in [0.4, 0.5) is 4.79 Å². The number of aliphatic carboxylic acids is 1. The number of rotatable bonds is 5. The summed E-state index contributed by atoms with van der Waals surface area (Å²) in [5, 5.41) is 19.6. The van der Waals surface area contributed by atoms with Gasteiger partial charge in [-0.25, -0.2) is 9.59 Å². The molecule has 0 rings (SSSR count). The molecule has 0 aliphatic carbocycles. The Morgan fingerprint density at radius 1 is 1.40 bits per heavy atom. The van der Waals surface area contributed by atoms with Gasteiger partial charge in [-0.05, 0) is 20.8 Å². The predicted octanol–water partition coefficient (Wildman–Crippen LogP) is -0.128. The maximum atomic E-state index is 11.5. The van der Waals surface area contributed by atoms with Gasteiger partial charge in [0.2, 0.25) is 0 Å². The molecule has 0 aromatic rings. The number of hydrogen-bond donors (Lipinski definition) is 3. The van der Waals surface area contributed by atoms with Crippen molar-refractivity contribution in [1.82, 2.24) is 10.2 Å². The van der Waals surface area contributed by atoms with Gasteiger partial charge in [-0.3, -0.25) is 0 Å². The molecule has 0 aliphatic rings. The molecule has 0 saturated heterocycles. The predicted molar refractivity (Wildman–Crippen MR) is 54.6 cm³/mol. The van der Waals surface area contributed by atoms with Crippen LogP contribution in [0, 0.1) is 0 Å². The number of carbonyl (C=O) groups excluding carboxylic acids is 1. The Morgan fingerprint density at radius 2 is 1.93 bits per heavy atom. The Morgan fingerprint density at radius 3 is 2.20 bits per heavy atom. The minimum Gasteiger partial charge on any atom is -0.480 e. The van der Waals surface area contributed by atoms with Crippen LogP contribution in [-0.2, 0) is 4.79 Å². The first kappa shape index (κ1) is 13.7. The second-order valence-corrected chi connectivity index (χ2v) is 3.40. The molecule has 6 nitrogen and oxygen atoms in total. The van der Waals surface area contributed by atoms with Crippen LogP contribution < -0.4 is 5.32 Å². The Kier molecular flexibility index (Phi) is 5.69. The summed E-state index contributed by atoms with van der Waals surface area (Å²) in [7, 11) is 0. The fraction of sp³-hybridized carbons (Fsp3) is 0.778. The number of carboxylic acids is 1. The van der Waals surface area contributed by atoms with Crippen molar-refractivity contribution in [3.8, 4) is 0 Å². The molecule has 0 aromatic carbocycles. The largest absolute Gasteiger partial charge is 0.480 e. The number of nitrogens with zero attached hydrogens (tertiary/aromatic N) is 1. The van der Waals surface area contributed by atoms with E-state index in [-0.39, 0.29) is 6.04 Å². The average Bonchev–Trinajstić information content (AvgIpc) is 2.14. The summed E-state index contributed by atoms with van der Waals surface area (Å²) in [4.78, 5) is 23.6. The molecule has 0 saturated carbocycles. The number of nitrogens with one attached hydrogen (secondary N) is 1. The summed E-state index contributed by atoms with van der Waals surface area (Å²) in [5.41, 5.74) is 0. The van der Waals surface area contributed by atoms with E-state index < -0.39 is 24.6 Å². The second-order valence-electron chi connectivity index (χ2n) is 3.40. The van der Waals surface area contributed by atoms with Gasteiger partial charge in [-0.1, -0.05) is 0 Å². The molecule has 2 amide bonds. The van der Waals surface area contributed by atoms with Crippen molar-refractivity contribution in [1.29, 1.82) is 0 Å². The topological polar surface area (TPSA) is 89.9 Å². The average molecular weight is 218 g/mol. The second kappa shape index (κ2) is 6.23. The number of amides is 2. The zero-order chi connectivity index (χ0) is 12.0. The molecule has 3 N–H and O–H groups in total. The van der Waals surface area contributed by atoms with Crippen molar-refractivity contribution in [2.45, 2.75) is 32.9 Å². The Balaban J connectivity index is 4.38. The highest BCUT2D eigenvalue weighted by atomic mass is 16.4. The Hall–Kier alpha value is -1.30. The Bertz CT molecular complexity index is 230. The van der Waals surface area contributed by atoms with E-state index in [4.69, 9.17) is 10.2 Å². The van der Waals surface area contributed by atoms with Crippen LogP contribution in [0.25, 0.3) is 0 Å². The lowest BCUT2D eigenvalue weighted by Gasteiger charge is -2.26. The highest BCUT2D eigenvalue weighted by Crippen LogP contribution is 1.98. The van der Waals surface area contributed by atoms with Crippen LogP contribution in [0.2, 0.25) is 0 Å². The van der Waals surface area contributed by atoms with E-state index in [0.29, 0.717) is 6.54 Å². The Labute approximate surface area is 88.9 Å². The van der Waals surface area contributed by atoms with Crippen molar-refractivity contribution in [2.75, 3.05) is 13.2 Å². The maximum Gasteiger partial charge on any atom is 0.328 e. The molecule has 88 valence electrons. The molecule has 0 fully saturated rings. The van der Waals surface area contributed by atoms with Crippen LogP contribution in [0.15, 0.2) is 0 Å². The normalized spacial score (nSPS) is 12.3. The summed E-state index contributed by atoms with van der Waals surface area (Å²) in [6.07, 6.45) is 0. The van der Waals surface area contributed by atoms with Crippen molar-refractivity contribution >= 4 is 12.0 Å². The summed E-state index contributed by atoms with van der Waals surface area (Å²) in [6.45, 7) is 5.34. The third-order valence-electron chi connectivity index (χ3n) is 2.00. The molecule has 0 heterocycles. The summed E-state index contributed by atoms with van der Waals surface area (Å²) >= 11 is 0. The van der Waals surface area contributed by atoms with E-state index in [1.807, 2.05) is 13.8 Å². The molecule has 1 unspecified atom stereocenters. The van der Waals surface area contributed by atoms with Gasteiger partial charge in [0.15, 0.2) is 6.04 Å². The van der Waals surface area contributed by atoms with E-state index in [1.165, 1.54) is 4.90 Å². The van der Waals surface area contributed by atoms with E-state index in [1.54, 1.807) is 6.92 Å². The van der Waals surface area contributed by atoms with Crippen molar-refractivity contribution in [3.05, 3.63) is 0 Å². The number of aliphatic hydroxyl groups is 1. The molecule has 0 aromatic heterocycles. The van der Waals surface area contributed by atoms with Crippen molar-refractivity contribution < 1.29 is 19.8 Å². The lowest BCUT2D eigenvalue weighted by atomic mass is 10.3. The first-order valence-electron chi connectivity index (χ1n) is 4.84. The summed E-state index contributed by atoms with van der Waals surface area (Å²) in [5.74, 6) is -1.24. The van der Waals surface area contributed by atoms with E-state index in [9.17, 15) is 9.59 Å². The smallest absolute Gasteiger partial charge is 0.328 e. The molecule has 15 heavy (non-hydrogen) atoms. The van der Waals surface area contributed by atoms with Crippen molar-refractivity contribution in [2.24, 2.45) is 0 Å². The van der Waals surface area contributed by atoms with Gasteiger partial charge in [0.25, 0.3) is 0 Å².